The van der Waals surface area contributed by atoms with E-state index in [1.165, 1.54) is 52.0 Å². The van der Waals surface area contributed by atoms with E-state index < -0.39 is 271 Å². The number of carboxylic acids is 3. The fourth-order valence-corrected chi connectivity index (χ4v) is 21.9. The van der Waals surface area contributed by atoms with Crippen molar-refractivity contribution in [1.82, 2.24) is 56.2 Å². The zero-order valence-corrected chi connectivity index (χ0v) is 88.4. The molecule has 0 radical (unpaired) electrons. The number of carbonyl (C=O) groups is 21. The summed E-state index contributed by atoms with van der Waals surface area (Å²) in [6, 6.07) is 2.68. The van der Waals surface area contributed by atoms with Gasteiger partial charge in [-0.25, -0.2) is 19.7 Å². The quantitative estimate of drug-likeness (QED) is 0.0144. The molecule has 4 aliphatic heterocycles. The van der Waals surface area contributed by atoms with Crippen LogP contribution in [-0.4, -0.2) is 221 Å². The number of fused-ring (bicyclic) bond motifs is 7. The number of hydroxylamine groups is 2. The highest BCUT2D eigenvalue weighted by Crippen LogP contribution is 2.45. The van der Waals surface area contributed by atoms with Crippen molar-refractivity contribution in [3.05, 3.63) is 81.9 Å². The number of aromatic nitrogens is 6. The number of aliphatic hydroxyl groups excluding tert-OH is 1. The molecule has 8 rings (SSSR count). The lowest BCUT2D eigenvalue weighted by atomic mass is 9.78. The van der Waals surface area contributed by atoms with Gasteiger partial charge in [0, 0.05) is 215 Å². The van der Waals surface area contributed by atoms with Gasteiger partial charge in [0.15, 0.2) is 11.6 Å². The van der Waals surface area contributed by atoms with Gasteiger partial charge in [-0.3, -0.25) is 95.9 Å². The number of aliphatic hydroxyl groups is 1. The molecular formula is C107H145N13O26S2. The highest BCUT2D eigenvalue weighted by atomic mass is 32.2. The number of rotatable bonds is 59. The number of imidazole rings is 1. The third-order valence-corrected chi connectivity index (χ3v) is 30.4. The molecule has 4 aromatic heterocycles. The van der Waals surface area contributed by atoms with E-state index in [1.807, 2.05) is 33.8 Å². The molecule has 15 N–H and O–H groups in total. The van der Waals surface area contributed by atoms with Crippen LogP contribution in [0.3, 0.4) is 0 Å². The van der Waals surface area contributed by atoms with Gasteiger partial charge in [-0.1, -0.05) is 81.6 Å². The molecule has 0 aliphatic carbocycles. The van der Waals surface area contributed by atoms with Gasteiger partial charge in [0.25, 0.3) is 11.8 Å². The number of hydrogen-bond donors (Lipinski definition) is 13. The van der Waals surface area contributed by atoms with Crippen LogP contribution in [0.25, 0.3) is 43.7 Å². The number of amides is 8. The Labute approximate surface area is 868 Å². The molecule has 148 heavy (non-hydrogen) atoms. The van der Waals surface area contributed by atoms with Gasteiger partial charge < -0.3 is 73.0 Å². The van der Waals surface area contributed by atoms with Crippen LogP contribution in [0.15, 0.2) is 41.7 Å². The molecule has 0 aromatic carbocycles. The van der Waals surface area contributed by atoms with Crippen molar-refractivity contribution >= 4 is 190 Å². The number of nitrogens with one attached hydrogen (secondary N) is 7. The number of imide groups is 1. The Morgan fingerprint density at radius 2 is 1.10 bits per heavy atom. The Morgan fingerprint density at radius 3 is 1.70 bits per heavy atom. The molecule has 0 spiro atoms. The van der Waals surface area contributed by atoms with Crippen LogP contribution in [-0.2, 0) is 131 Å². The first-order chi connectivity index (χ1) is 70.1. The summed E-state index contributed by atoms with van der Waals surface area (Å²) in [5.74, 6) is -27.1. The molecule has 0 saturated carbocycles. The third-order valence-electron chi connectivity index (χ3n) is 27.8. The molecule has 806 valence electrons. The lowest BCUT2D eigenvalue weighted by molar-refractivity contribution is -0.197. The molecule has 4 aromatic rings. The molecule has 8 amide bonds. The number of nitrogens with two attached hydrogens (primary N) is 2. The first kappa shape index (κ1) is 121. The molecular weight excluding hydrogens is 1950 g/mol. The number of aromatic amines is 3. The maximum absolute atomic E-state index is 16.0. The van der Waals surface area contributed by atoms with E-state index in [0.29, 0.717) is 132 Å². The number of hydrogen-bond acceptors (Lipinski definition) is 28. The fraction of sp³-hybridized carbons (Fsp3) is 0.589. The minimum absolute atomic E-state index is 0.00288. The average Bonchev–Trinajstić information content (AvgIpc) is 1.61. The number of nitrogens with zero attached hydrogens (tertiary/aromatic N) is 4. The molecule has 9 bridgehead atoms. The predicted molar refractivity (Wildman–Crippen MR) is 552 cm³/mol. The van der Waals surface area contributed by atoms with Gasteiger partial charge in [0.2, 0.25) is 35.4 Å². The largest absolute Gasteiger partial charge is 0.481 e. The standard InChI is InChI=1S/C107H145N13O26S2/c1-13-68-72(29-36-100(139)140)80-49-81-73(30-37-101(141)142)69(14-2)77(114-81)50-83-105-71(16-4)79(116-83)51-84-104(70(15-3)78(115-84)48-76(68)113-80)147-53-66(44-89(127)63(23-21-22-38-111-61(12)123)41-88(126)64(26-31-94(108)132)42-93(131)103(57(7)8)119-96(134)24-19-17-18-20-25-102(143)146-120-97(135)33-34-98(120)136)87(125)39-58(9)86(124)43-65(27-32-95(109)133)106(144)118-85(54-148-105)107(145)117-82(45-67-52-110-55-112-67)92(130)47-75(60(11)122)91(129)46-74(56(5)6)90(128)40-62(59(10)121)28-35-99(137)138/h48-52,55-58,60,62-66,74-75,82,85,103,114-115,122H,13-47,53-54H2,1-12H3,(H2,108,132)(H2,109,133)(H,110,112)(H,111,123)(H,117,145)(H,118,144)(H,119,134)(H,137,138)(H,139,140)(H,141,142). The number of thioether (sulfide) groups is 2. The number of aryl methyl sites for hydroxylation is 3. The summed E-state index contributed by atoms with van der Waals surface area (Å²) in [6.45, 7) is 19.7. The van der Waals surface area contributed by atoms with Crippen molar-refractivity contribution in [2.45, 2.75) is 331 Å². The highest BCUT2D eigenvalue weighted by Gasteiger charge is 2.42. The SMILES string of the molecule is CCC1=C(CCC(=O)O)c2cc3[nH]c(cc4nc5cc6[nH]c(cc1n2)c(CC)c6SCC(CC(=O)C(CCCCNC(C)=O)CC(=O)C(CCC(N)=O)CC(=O)C(NC(=O)CCCCCCC(=O)ON1C(=O)CCC1=O)C(C)C)C(=O)CC(C)C(=O)CC(CCC(N)=O)C(=O)NC(C(=O)NC(Cc1c[nH]cn1)C(=O)CC(C(=O)CC(C(=O)CC(CCC(=O)O)C(C)=O)C(C)C)C(C)O)CSC4=C5CC)c(CC)c3CCC(=O)O. The maximum atomic E-state index is 16.0. The van der Waals surface area contributed by atoms with Crippen LogP contribution < -0.4 is 32.7 Å². The van der Waals surface area contributed by atoms with Crippen molar-refractivity contribution in [2.75, 3.05) is 18.1 Å². The predicted octanol–water partition coefficient (Wildman–Crippen LogP) is 11.7. The summed E-state index contributed by atoms with van der Waals surface area (Å²) >= 11 is 2.26. The second kappa shape index (κ2) is 58.3. The number of allylic oxidation sites excluding steroid dienone is 3. The number of carbonyl (C=O) groups excluding carboxylic acids is 18. The van der Waals surface area contributed by atoms with Gasteiger partial charge in [0.1, 0.15) is 46.5 Å². The van der Waals surface area contributed by atoms with Crippen molar-refractivity contribution in [3.8, 4) is 0 Å². The Bertz CT molecular complexity index is 5830. The van der Waals surface area contributed by atoms with E-state index >= 15 is 33.6 Å². The number of ketones is 9. The van der Waals surface area contributed by atoms with Crippen LogP contribution >= 0.6 is 23.5 Å². The molecule has 1 saturated heterocycles. The number of carboxylic acid groups (broad SMARTS) is 3. The van der Waals surface area contributed by atoms with Crippen LogP contribution in [0, 0.1) is 59.2 Å². The minimum Gasteiger partial charge on any atom is -0.481 e. The van der Waals surface area contributed by atoms with Gasteiger partial charge in [-0.2, -0.15) is 0 Å². The Kier molecular flexibility index (Phi) is 47.5. The van der Waals surface area contributed by atoms with Crippen LogP contribution in [0.2, 0.25) is 0 Å². The molecule has 8 heterocycles. The van der Waals surface area contributed by atoms with Gasteiger partial charge in [0.05, 0.1) is 64.4 Å². The smallest absolute Gasteiger partial charge is 0.333 e. The normalized spacial score (nSPS) is 17.6. The topological polar surface area (TPSA) is 638 Å². The first-order valence-electron chi connectivity index (χ1n) is 51.5. The van der Waals surface area contributed by atoms with Crippen molar-refractivity contribution in [1.29, 1.82) is 0 Å². The maximum Gasteiger partial charge on any atom is 0.333 e. The average molecular weight is 2090 g/mol. The number of unbranched alkanes of at least 4 members (excludes halogenated alkanes) is 4. The summed E-state index contributed by atoms with van der Waals surface area (Å²) in [5.41, 5.74) is 18.9. The van der Waals surface area contributed by atoms with Crippen LogP contribution in [0.5, 0.6) is 0 Å². The number of primary amides is 2. The van der Waals surface area contributed by atoms with Gasteiger partial charge in [-0.05, 0) is 167 Å². The van der Waals surface area contributed by atoms with Crippen molar-refractivity contribution in [2.24, 2.45) is 70.6 Å². The molecule has 4 aliphatic rings. The summed E-state index contributed by atoms with van der Waals surface area (Å²) in [5, 5.41) is 53.3. The fourth-order valence-electron chi connectivity index (χ4n) is 19.2. The number of aliphatic carboxylic acids is 3. The van der Waals surface area contributed by atoms with Crippen LogP contribution in [0.1, 0.15) is 321 Å². The van der Waals surface area contributed by atoms with E-state index in [1.54, 1.807) is 45.9 Å². The minimum atomic E-state index is -1.73. The van der Waals surface area contributed by atoms with E-state index in [2.05, 4.69) is 41.2 Å². The molecule has 12 atom stereocenters. The molecule has 41 heteroatoms. The van der Waals surface area contributed by atoms with Crippen molar-refractivity contribution in [3.63, 3.8) is 0 Å². The second-order valence-electron chi connectivity index (χ2n) is 39.7. The molecule has 12 unspecified atom stereocenters. The van der Waals surface area contributed by atoms with Crippen molar-refractivity contribution < 1.29 is 126 Å². The van der Waals surface area contributed by atoms with E-state index in [-0.39, 0.29) is 139 Å². The summed E-state index contributed by atoms with van der Waals surface area (Å²) in [7, 11) is 0. The summed E-state index contributed by atoms with van der Waals surface area (Å²) in [6.07, 6.45) is -3.22. The Balaban J connectivity index is 1.28. The van der Waals surface area contributed by atoms with Gasteiger partial charge >= 0.3 is 23.9 Å². The zero-order chi connectivity index (χ0) is 109. The summed E-state index contributed by atoms with van der Waals surface area (Å²) < 4.78 is 0. The van der Waals surface area contributed by atoms with Crippen LogP contribution in [0.4, 0.5) is 0 Å². The molecule has 39 nitrogen and oxygen atoms in total. The van der Waals surface area contributed by atoms with E-state index in [9.17, 15) is 87.5 Å². The van der Waals surface area contributed by atoms with E-state index in [0.717, 1.165) is 11.8 Å². The lowest BCUT2D eigenvalue weighted by Crippen LogP contribution is -2.54. The Hall–Kier alpha value is -12.7. The second-order valence-corrected chi connectivity index (χ2v) is 41.8. The summed E-state index contributed by atoms with van der Waals surface area (Å²) in [4.78, 5) is 322. The first-order valence-corrected chi connectivity index (χ1v) is 53.4. The lowest BCUT2D eigenvalue weighted by Gasteiger charge is -2.27. The number of H-pyrrole nitrogens is 3. The third kappa shape index (κ3) is 35.8. The van der Waals surface area contributed by atoms with Gasteiger partial charge in [-0.15, -0.1) is 28.6 Å². The number of Topliss-reactive ketones (excluding diaryl/α,β-unsaturated/α-hetero) is 9. The van der Waals surface area contributed by atoms with E-state index in [4.69, 9.17) is 26.3 Å². The highest BCUT2D eigenvalue weighted by molar-refractivity contribution is 8.08. The zero-order valence-electron chi connectivity index (χ0n) is 86.7. The molecule has 1 fully saturated rings. The Morgan fingerprint density at radius 1 is 0.534 bits per heavy atom. The monoisotopic (exact) mass is 2090 g/mol.